The van der Waals surface area contributed by atoms with Crippen LogP contribution in [-0.2, 0) is 14.3 Å². The van der Waals surface area contributed by atoms with Crippen LogP contribution in [0.15, 0.2) is 24.5 Å². The van der Waals surface area contributed by atoms with Crippen LogP contribution in [0, 0.1) is 0 Å². The topological polar surface area (TPSA) is 59.5 Å². The van der Waals surface area contributed by atoms with Crippen LogP contribution in [0.25, 0.3) is 0 Å². The van der Waals surface area contributed by atoms with Gasteiger partial charge in [0.1, 0.15) is 6.04 Å². The Balaban J connectivity index is 2.25. The Hall–Kier alpha value is -1.56. The summed E-state index contributed by atoms with van der Waals surface area (Å²) < 4.78 is 4.74. The fraction of sp³-hybridized carbons (Fsp3) is 0.417. The summed E-state index contributed by atoms with van der Waals surface area (Å²) in [7, 11) is 1.34. The molecular formula is C12H14N2O3S. The van der Waals surface area contributed by atoms with Crippen molar-refractivity contribution in [3.63, 3.8) is 0 Å². The molecule has 2 rings (SSSR count). The van der Waals surface area contributed by atoms with E-state index in [4.69, 9.17) is 4.74 Å². The number of thioether (sulfide) groups is 1. The van der Waals surface area contributed by atoms with Crippen molar-refractivity contribution >= 4 is 24.1 Å². The Morgan fingerprint density at radius 1 is 1.61 bits per heavy atom. The molecule has 0 saturated carbocycles. The van der Waals surface area contributed by atoms with Gasteiger partial charge in [-0.2, -0.15) is 11.8 Å². The summed E-state index contributed by atoms with van der Waals surface area (Å²) in [6.07, 6.45) is 4.13. The van der Waals surface area contributed by atoms with Crippen LogP contribution >= 0.6 is 11.8 Å². The Morgan fingerprint density at radius 2 is 2.44 bits per heavy atom. The van der Waals surface area contributed by atoms with E-state index < -0.39 is 6.04 Å². The normalized spacial score (nSPS) is 23.5. The van der Waals surface area contributed by atoms with E-state index in [0.717, 1.165) is 17.7 Å². The number of rotatable bonds is 3. The Kier molecular flexibility index (Phi) is 4.19. The third-order valence-electron chi connectivity index (χ3n) is 2.94. The average molecular weight is 266 g/mol. The molecule has 2 unspecified atom stereocenters. The van der Waals surface area contributed by atoms with Gasteiger partial charge in [0.25, 0.3) is 0 Å². The number of hydrogen-bond donors (Lipinski definition) is 0. The number of carbonyl (C=O) groups excluding carboxylic acids is 2. The largest absolute Gasteiger partial charge is 0.467 e. The van der Waals surface area contributed by atoms with E-state index in [1.54, 1.807) is 24.2 Å². The first-order valence-corrected chi connectivity index (χ1v) is 6.71. The molecule has 0 spiro atoms. The van der Waals surface area contributed by atoms with Crippen molar-refractivity contribution in [2.24, 2.45) is 0 Å². The molecule has 1 aliphatic rings. The molecule has 0 radical (unpaired) electrons. The van der Waals surface area contributed by atoms with Gasteiger partial charge in [-0.1, -0.05) is 6.07 Å². The summed E-state index contributed by atoms with van der Waals surface area (Å²) in [5, 5.41) is 0. The number of carbonyl (C=O) groups is 2. The molecule has 18 heavy (non-hydrogen) atoms. The third-order valence-corrected chi connectivity index (χ3v) is 4.04. The SMILES string of the molecule is COC(=O)C1CSCC(c2cccnc2)N1C=O. The molecule has 1 aliphatic heterocycles. The second-order valence-corrected chi connectivity index (χ2v) is 5.01. The summed E-state index contributed by atoms with van der Waals surface area (Å²) in [5.41, 5.74) is 0.936. The van der Waals surface area contributed by atoms with E-state index in [1.807, 2.05) is 12.1 Å². The zero-order valence-corrected chi connectivity index (χ0v) is 10.8. The van der Waals surface area contributed by atoms with E-state index >= 15 is 0 Å². The molecule has 0 aromatic carbocycles. The van der Waals surface area contributed by atoms with Gasteiger partial charge in [0.15, 0.2) is 0 Å². The molecule has 1 saturated heterocycles. The standard InChI is InChI=1S/C12H14N2O3S/c1-17-12(16)11-7-18-6-10(14(11)8-15)9-3-2-4-13-5-9/h2-5,8,10-11H,6-7H2,1H3. The van der Waals surface area contributed by atoms with Crippen LogP contribution in [0.2, 0.25) is 0 Å². The minimum absolute atomic E-state index is 0.126. The first-order chi connectivity index (χ1) is 8.77. The maximum absolute atomic E-state index is 11.7. The minimum Gasteiger partial charge on any atom is -0.467 e. The first-order valence-electron chi connectivity index (χ1n) is 5.56. The number of methoxy groups -OCH3 is 1. The van der Waals surface area contributed by atoms with E-state index in [0.29, 0.717) is 5.75 Å². The van der Waals surface area contributed by atoms with Gasteiger partial charge in [-0.3, -0.25) is 9.78 Å². The summed E-state index contributed by atoms with van der Waals surface area (Å²) in [4.78, 5) is 28.5. The average Bonchev–Trinajstić information content (AvgIpc) is 2.46. The number of amides is 1. The highest BCUT2D eigenvalue weighted by molar-refractivity contribution is 7.99. The fourth-order valence-corrected chi connectivity index (χ4v) is 3.25. The highest BCUT2D eigenvalue weighted by Gasteiger charge is 2.36. The van der Waals surface area contributed by atoms with Crippen LogP contribution in [0.5, 0.6) is 0 Å². The van der Waals surface area contributed by atoms with Gasteiger partial charge in [0.2, 0.25) is 6.41 Å². The summed E-state index contributed by atoms with van der Waals surface area (Å²) in [6, 6.07) is 3.09. The number of nitrogens with zero attached hydrogens (tertiary/aromatic N) is 2. The summed E-state index contributed by atoms with van der Waals surface area (Å²) in [5.74, 6) is 0.961. The molecule has 5 nitrogen and oxygen atoms in total. The van der Waals surface area contributed by atoms with Gasteiger partial charge in [-0.25, -0.2) is 4.79 Å². The maximum Gasteiger partial charge on any atom is 0.329 e. The van der Waals surface area contributed by atoms with Crippen LogP contribution in [0.1, 0.15) is 11.6 Å². The monoisotopic (exact) mass is 266 g/mol. The predicted octanol–water partition coefficient (Wildman–Crippen LogP) is 0.869. The number of hydrogen-bond acceptors (Lipinski definition) is 5. The van der Waals surface area contributed by atoms with Crippen LogP contribution < -0.4 is 0 Å². The molecule has 1 amide bonds. The van der Waals surface area contributed by atoms with Gasteiger partial charge in [-0.05, 0) is 11.6 Å². The van der Waals surface area contributed by atoms with Crippen LogP contribution in [0.3, 0.4) is 0 Å². The van der Waals surface area contributed by atoms with Crippen molar-refractivity contribution in [3.05, 3.63) is 30.1 Å². The van der Waals surface area contributed by atoms with Crippen LogP contribution in [-0.4, -0.2) is 46.9 Å². The number of esters is 1. The Labute approximate surface area is 110 Å². The van der Waals surface area contributed by atoms with Crippen molar-refractivity contribution in [3.8, 4) is 0 Å². The zero-order valence-electron chi connectivity index (χ0n) is 9.98. The molecule has 2 atom stereocenters. The van der Waals surface area contributed by atoms with Gasteiger partial charge in [0, 0.05) is 23.9 Å². The predicted molar refractivity (Wildman–Crippen MR) is 68.0 cm³/mol. The van der Waals surface area contributed by atoms with Crippen molar-refractivity contribution in [1.82, 2.24) is 9.88 Å². The molecule has 1 aromatic heterocycles. The van der Waals surface area contributed by atoms with Gasteiger partial charge in [-0.15, -0.1) is 0 Å². The first kappa shape index (κ1) is 12.9. The summed E-state index contributed by atoms with van der Waals surface area (Å²) in [6.45, 7) is 0. The van der Waals surface area contributed by atoms with Crippen molar-refractivity contribution in [2.75, 3.05) is 18.6 Å². The van der Waals surface area contributed by atoms with E-state index in [-0.39, 0.29) is 12.0 Å². The molecule has 96 valence electrons. The maximum atomic E-state index is 11.7. The van der Waals surface area contributed by atoms with Gasteiger partial charge >= 0.3 is 5.97 Å². The molecule has 0 N–H and O–H groups in total. The lowest BCUT2D eigenvalue weighted by molar-refractivity contribution is -0.150. The number of aromatic nitrogens is 1. The Bertz CT molecular complexity index is 427. The molecular weight excluding hydrogens is 252 g/mol. The number of pyridine rings is 1. The van der Waals surface area contributed by atoms with Gasteiger partial charge in [0.05, 0.1) is 13.2 Å². The zero-order chi connectivity index (χ0) is 13.0. The lowest BCUT2D eigenvalue weighted by Crippen LogP contribution is -2.48. The fourth-order valence-electron chi connectivity index (χ4n) is 1.99. The lowest BCUT2D eigenvalue weighted by Gasteiger charge is -2.37. The third kappa shape index (κ3) is 2.48. The van der Waals surface area contributed by atoms with Crippen molar-refractivity contribution in [1.29, 1.82) is 0 Å². The van der Waals surface area contributed by atoms with Gasteiger partial charge < -0.3 is 9.64 Å². The van der Waals surface area contributed by atoms with E-state index in [9.17, 15) is 9.59 Å². The quantitative estimate of drug-likeness (QED) is 0.600. The molecule has 2 heterocycles. The van der Waals surface area contributed by atoms with E-state index in [2.05, 4.69) is 4.98 Å². The number of ether oxygens (including phenoxy) is 1. The second kappa shape index (κ2) is 5.86. The highest BCUT2D eigenvalue weighted by atomic mass is 32.2. The summed E-state index contributed by atoms with van der Waals surface area (Å²) >= 11 is 1.64. The van der Waals surface area contributed by atoms with Crippen molar-refractivity contribution in [2.45, 2.75) is 12.1 Å². The highest BCUT2D eigenvalue weighted by Crippen LogP contribution is 2.31. The Morgan fingerprint density at radius 3 is 3.06 bits per heavy atom. The lowest BCUT2D eigenvalue weighted by atomic mass is 10.1. The molecule has 0 bridgehead atoms. The van der Waals surface area contributed by atoms with E-state index in [1.165, 1.54) is 12.0 Å². The minimum atomic E-state index is -0.517. The second-order valence-electron chi connectivity index (χ2n) is 3.93. The van der Waals surface area contributed by atoms with Crippen LogP contribution in [0.4, 0.5) is 0 Å². The molecule has 1 aromatic rings. The molecule has 1 fully saturated rings. The molecule has 0 aliphatic carbocycles. The van der Waals surface area contributed by atoms with Crippen molar-refractivity contribution < 1.29 is 14.3 Å². The smallest absolute Gasteiger partial charge is 0.329 e. The molecule has 6 heteroatoms.